The maximum atomic E-state index is 11.8. The molecule has 2 N–H and O–H groups in total. The molecule has 1 aliphatic heterocycles. The molecule has 6 nitrogen and oxygen atoms in total. The second-order valence-corrected chi connectivity index (χ2v) is 6.00. The number of hydrogen-bond acceptors (Lipinski definition) is 4. The van der Waals surface area contributed by atoms with Crippen molar-refractivity contribution in [1.29, 1.82) is 0 Å². The van der Waals surface area contributed by atoms with Crippen LogP contribution in [0.1, 0.15) is 38.7 Å². The molecule has 1 heterocycles. The third-order valence-corrected chi connectivity index (χ3v) is 3.55. The lowest BCUT2D eigenvalue weighted by molar-refractivity contribution is -0.126. The van der Waals surface area contributed by atoms with Crippen LogP contribution in [0.2, 0.25) is 0 Å². The lowest BCUT2D eigenvalue weighted by Crippen LogP contribution is -2.28. The second kappa shape index (κ2) is 8.41. The highest BCUT2D eigenvalue weighted by Crippen LogP contribution is 2.32. The summed E-state index contributed by atoms with van der Waals surface area (Å²) in [7, 11) is 0. The Morgan fingerprint density at radius 1 is 1.09 bits per heavy atom. The van der Waals surface area contributed by atoms with Crippen molar-refractivity contribution < 1.29 is 19.1 Å². The molecule has 1 aromatic rings. The summed E-state index contributed by atoms with van der Waals surface area (Å²) in [6.45, 7) is 5.52. The monoisotopic (exact) mass is 320 g/mol. The van der Waals surface area contributed by atoms with Crippen molar-refractivity contribution in [3.05, 3.63) is 23.8 Å². The topological polar surface area (TPSA) is 76.7 Å². The highest BCUT2D eigenvalue weighted by Gasteiger charge is 2.13. The van der Waals surface area contributed by atoms with E-state index in [4.69, 9.17) is 9.47 Å². The van der Waals surface area contributed by atoms with Gasteiger partial charge in [-0.2, -0.15) is 0 Å². The van der Waals surface area contributed by atoms with Crippen molar-refractivity contribution in [1.82, 2.24) is 10.6 Å². The van der Waals surface area contributed by atoms with Crippen molar-refractivity contribution in [3.8, 4) is 11.5 Å². The minimum absolute atomic E-state index is 0.0797. The number of fused-ring (bicyclic) bond motifs is 1. The van der Waals surface area contributed by atoms with Crippen LogP contribution in [-0.2, 0) is 16.1 Å². The molecule has 6 heteroatoms. The van der Waals surface area contributed by atoms with Crippen molar-refractivity contribution in [3.63, 3.8) is 0 Å². The van der Waals surface area contributed by atoms with Crippen molar-refractivity contribution in [2.75, 3.05) is 13.3 Å². The minimum Gasteiger partial charge on any atom is -0.454 e. The predicted octanol–water partition coefficient (Wildman–Crippen LogP) is 1.97. The van der Waals surface area contributed by atoms with Gasteiger partial charge in [-0.25, -0.2) is 0 Å². The SMILES string of the molecule is CC(C)CCNC(=O)CCC(=O)NCc1ccc2c(c1)OCO2. The molecule has 126 valence electrons. The summed E-state index contributed by atoms with van der Waals surface area (Å²) in [5.41, 5.74) is 0.934. The summed E-state index contributed by atoms with van der Waals surface area (Å²) < 4.78 is 10.5. The molecule has 0 spiro atoms. The molecule has 0 aromatic heterocycles. The normalized spacial score (nSPS) is 12.3. The molecule has 0 bridgehead atoms. The zero-order valence-corrected chi connectivity index (χ0v) is 13.7. The zero-order valence-electron chi connectivity index (χ0n) is 13.7. The van der Waals surface area contributed by atoms with Crippen LogP contribution < -0.4 is 20.1 Å². The van der Waals surface area contributed by atoms with Gasteiger partial charge in [-0.1, -0.05) is 19.9 Å². The fourth-order valence-electron chi connectivity index (χ4n) is 2.16. The number of hydrogen-bond donors (Lipinski definition) is 2. The highest BCUT2D eigenvalue weighted by molar-refractivity contribution is 5.83. The molecule has 0 fully saturated rings. The Bertz CT molecular complexity index is 558. The Hall–Kier alpha value is -2.24. The maximum absolute atomic E-state index is 11.8. The summed E-state index contributed by atoms with van der Waals surface area (Å²) >= 11 is 0. The van der Waals surface area contributed by atoms with Gasteiger partial charge in [0.2, 0.25) is 18.6 Å². The highest BCUT2D eigenvalue weighted by atomic mass is 16.7. The molecule has 0 atom stereocenters. The summed E-state index contributed by atoms with van der Waals surface area (Å²) in [6.07, 6.45) is 1.35. The molecule has 0 unspecified atom stereocenters. The molecule has 0 radical (unpaired) electrons. The van der Waals surface area contributed by atoms with Gasteiger partial charge >= 0.3 is 0 Å². The predicted molar refractivity (Wildman–Crippen MR) is 86.1 cm³/mol. The molecule has 1 aliphatic rings. The first-order valence-corrected chi connectivity index (χ1v) is 7.96. The van der Waals surface area contributed by atoms with Gasteiger partial charge in [0.1, 0.15) is 0 Å². The third-order valence-electron chi connectivity index (χ3n) is 3.55. The Kier molecular flexibility index (Phi) is 6.26. The van der Waals surface area contributed by atoms with Crippen molar-refractivity contribution in [2.24, 2.45) is 5.92 Å². The summed E-state index contributed by atoms with van der Waals surface area (Å²) in [6, 6.07) is 5.56. The average molecular weight is 320 g/mol. The number of carbonyl (C=O) groups excluding carboxylic acids is 2. The van der Waals surface area contributed by atoms with E-state index >= 15 is 0 Å². The quantitative estimate of drug-likeness (QED) is 0.768. The fraction of sp³-hybridized carbons (Fsp3) is 0.529. The van der Waals surface area contributed by atoms with Crippen molar-refractivity contribution >= 4 is 11.8 Å². The standard InChI is InChI=1S/C17H24N2O4/c1-12(2)7-8-18-16(20)5-6-17(21)19-10-13-3-4-14-15(9-13)23-11-22-14/h3-4,9,12H,5-8,10-11H2,1-2H3,(H,18,20)(H,19,21). The van der Waals surface area contributed by atoms with Gasteiger partial charge in [0, 0.05) is 25.9 Å². The van der Waals surface area contributed by atoms with E-state index in [1.54, 1.807) is 0 Å². The van der Waals surface area contributed by atoms with Crippen LogP contribution in [0.5, 0.6) is 11.5 Å². The van der Waals surface area contributed by atoms with Gasteiger partial charge < -0.3 is 20.1 Å². The lowest BCUT2D eigenvalue weighted by atomic mass is 10.1. The Balaban J connectivity index is 1.64. The minimum atomic E-state index is -0.137. The van der Waals surface area contributed by atoms with E-state index in [0.29, 0.717) is 24.8 Å². The van der Waals surface area contributed by atoms with Gasteiger partial charge in [0.25, 0.3) is 0 Å². The average Bonchev–Trinajstić information content (AvgIpc) is 2.98. The number of amides is 2. The molecule has 0 saturated carbocycles. The number of ether oxygens (including phenoxy) is 2. The molecular formula is C17H24N2O4. The van der Waals surface area contributed by atoms with Crippen molar-refractivity contribution in [2.45, 2.75) is 39.7 Å². The third kappa shape index (κ3) is 5.81. The van der Waals surface area contributed by atoms with E-state index < -0.39 is 0 Å². The maximum Gasteiger partial charge on any atom is 0.231 e. The van der Waals surface area contributed by atoms with E-state index in [1.165, 1.54) is 0 Å². The van der Waals surface area contributed by atoms with E-state index in [0.717, 1.165) is 17.7 Å². The van der Waals surface area contributed by atoms with Gasteiger partial charge in [0.05, 0.1) is 0 Å². The molecular weight excluding hydrogens is 296 g/mol. The smallest absolute Gasteiger partial charge is 0.231 e. The number of benzene rings is 1. The van der Waals surface area contributed by atoms with Crippen LogP contribution in [0.25, 0.3) is 0 Å². The van der Waals surface area contributed by atoms with Gasteiger partial charge in [-0.15, -0.1) is 0 Å². The van der Waals surface area contributed by atoms with E-state index in [-0.39, 0.29) is 31.4 Å². The Morgan fingerprint density at radius 2 is 1.78 bits per heavy atom. The van der Waals surface area contributed by atoms with Gasteiger partial charge in [0.15, 0.2) is 11.5 Å². The first kappa shape index (κ1) is 17.1. The lowest BCUT2D eigenvalue weighted by Gasteiger charge is -2.08. The van der Waals surface area contributed by atoms with Gasteiger partial charge in [-0.05, 0) is 30.0 Å². The van der Waals surface area contributed by atoms with Gasteiger partial charge in [-0.3, -0.25) is 9.59 Å². The van der Waals surface area contributed by atoms with Crippen LogP contribution in [0.15, 0.2) is 18.2 Å². The molecule has 23 heavy (non-hydrogen) atoms. The second-order valence-electron chi connectivity index (χ2n) is 6.00. The number of nitrogens with one attached hydrogen (secondary N) is 2. The summed E-state index contributed by atoms with van der Waals surface area (Å²) in [5, 5.41) is 5.63. The Labute approximate surface area is 136 Å². The van der Waals surface area contributed by atoms with Crippen LogP contribution in [0, 0.1) is 5.92 Å². The van der Waals surface area contributed by atoms with Crippen LogP contribution in [0.3, 0.4) is 0 Å². The van der Waals surface area contributed by atoms with E-state index in [9.17, 15) is 9.59 Å². The largest absolute Gasteiger partial charge is 0.454 e. The van der Waals surface area contributed by atoms with Crippen LogP contribution >= 0.6 is 0 Å². The number of carbonyl (C=O) groups is 2. The first-order valence-electron chi connectivity index (χ1n) is 7.96. The van der Waals surface area contributed by atoms with E-state index in [1.807, 2.05) is 18.2 Å². The number of rotatable bonds is 8. The zero-order chi connectivity index (χ0) is 16.7. The summed E-state index contributed by atoms with van der Waals surface area (Å²) in [5.74, 6) is 1.75. The molecule has 1 aromatic carbocycles. The fourth-order valence-corrected chi connectivity index (χ4v) is 2.16. The van der Waals surface area contributed by atoms with Crippen LogP contribution in [0.4, 0.5) is 0 Å². The summed E-state index contributed by atoms with van der Waals surface area (Å²) in [4.78, 5) is 23.4. The molecule has 0 aliphatic carbocycles. The molecule has 2 rings (SSSR count). The first-order chi connectivity index (χ1) is 11.0. The Morgan fingerprint density at radius 3 is 2.52 bits per heavy atom. The molecule has 0 saturated heterocycles. The van der Waals surface area contributed by atoms with E-state index in [2.05, 4.69) is 24.5 Å². The molecule has 2 amide bonds. The van der Waals surface area contributed by atoms with Crippen LogP contribution in [-0.4, -0.2) is 25.2 Å².